The molecule has 1 aliphatic carbocycles. The number of carbonyl (C=O) groups excluding carboxylic acids is 1. The van der Waals surface area contributed by atoms with E-state index in [-0.39, 0.29) is 17.5 Å². The van der Waals surface area contributed by atoms with Gasteiger partial charge in [-0.2, -0.15) is 5.10 Å². The van der Waals surface area contributed by atoms with Gasteiger partial charge < -0.3 is 4.90 Å². The summed E-state index contributed by atoms with van der Waals surface area (Å²) in [4.78, 5) is 27.2. The van der Waals surface area contributed by atoms with E-state index in [1.165, 1.54) is 4.68 Å². The third-order valence-electron chi connectivity index (χ3n) is 6.89. The third kappa shape index (κ3) is 3.65. The van der Waals surface area contributed by atoms with E-state index < -0.39 is 0 Å². The van der Waals surface area contributed by atoms with Gasteiger partial charge in [0.25, 0.3) is 0 Å². The van der Waals surface area contributed by atoms with Crippen LogP contribution in [0.25, 0.3) is 33.4 Å². The van der Waals surface area contributed by atoms with Gasteiger partial charge in [0, 0.05) is 43.5 Å². The first-order valence-corrected chi connectivity index (χ1v) is 11.5. The maximum Gasteiger partial charge on any atom is 0.345 e. The highest BCUT2D eigenvalue weighted by molar-refractivity contribution is 5.84. The molecule has 8 heteroatoms. The lowest BCUT2D eigenvalue weighted by atomic mass is 10.0. The second-order valence-electron chi connectivity index (χ2n) is 9.30. The average Bonchev–Trinajstić information content (AvgIpc) is 3.28. The average molecular weight is 443 g/mol. The third-order valence-corrected chi connectivity index (χ3v) is 6.89. The molecule has 1 amide bonds. The zero-order chi connectivity index (χ0) is 22.5. The molecule has 1 N–H and O–H groups in total. The first-order chi connectivity index (χ1) is 16.1. The lowest BCUT2D eigenvalue weighted by molar-refractivity contribution is -0.131. The number of likely N-dealkylation sites (tertiary alicyclic amines) is 1. The Labute approximate surface area is 190 Å². The number of fused-ring (bicyclic) bond motifs is 1. The van der Waals surface area contributed by atoms with Crippen molar-refractivity contribution in [3.8, 4) is 22.5 Å². The minimum Gasteiger partial charge on any atom is -0.342 e. The largest absolute Gasteiger partial charge is 0.345 e. The Balaban J connectivity index is 1.25. The molecule has 168 valence electrons. The first-order valence-electron chi connectivity index (χ1n) is 11.5. The monoisotopic (exact) mass is 442 g/mol. The van der Waals surface area contributed by atoms with Crippen LogP contribution in [-0.2, 0) is 18.4 Å². The Morgan fingerprint density at radius 3 is 2.61 bits per heavy atom. The van der Waals surface area contributed by atoms with Gasteiger partial charge in [0.15, 0.2) is 5.82 Å². The smallest absolute Gasteiger partial charge is 0.342 e. The summed E-state index contributed by atoms with van der Waals surface area (Å²) in [7, 11) is 1.69. The van der Waals surface area contributed by atoms with Crippen LogP contribution in [0.5, 0.6) is 0 Å². The number of aromatic amines is 1. The van der Waals surface area contributed by atoms with E-state index in [1.54, 1.807) is 11.6 Å². The van der Waals surface area contributed by atoms with Crippen LogP contribution in [0.3, 0.4) is 0 Å². The van der Waals surface area contributed by atoms with Crippen LogP contribution in [0.15, 0.2) is 53.5 Å². The quantitative estimate of drug-likeness (QED) is 0.515. The number of benzene rings is 2. The second-order valence-corrected chi connectivity index (χ2v) is 9.30. The zero-order valence-corrected chi connectivity index (χ0v) is 18.6. The summed E-state index contributed by atoms with van der Waals surface area (Å²) in [6.45, 7) is 2.10. The molecule has 2 aliphatic rings. The fraction of sp³-hybridized carbons (Fsp3) is 0.360. The molecule has 8 nitrogen and oxygen atoms in total. The maximum absolute atomic E-state index is 12.8. The van der Waals surface area contributed by atoms with E-state index in [0.717, 1.165) is 59.9 Å². The van der Waals surface area contributed by atoms with Crippen molar-refractivity contribution in [2.45, 2.75) is 25.8 Å². The number of rotatable bonds is 5. The number of aryl methyl sites for hydroxylation is 1. The van der Waals surface area contributed by atoms with Gasteiger partial charge in [0.1, 0.15) is 0 Å². The normalized spacial score (nSPS) is 18.3. The van der Waals surface area contributed by atoms with Crippen molar-refractivity contribution in [2.24, 2.45) is 18.9 Å². The van der Waals surface area contributed by atoms with E-state index in [2.05, 4.69) is 45.6 Å². The topological polar surface area (TPSA) is 88.8 Å². The maximum atomic E-state index is 12.8. The number of carbonyl (C=O) groups is 1. The molecule has 0 unspecified atom stereocenters. The molecule has 0 spiro atoms. The lowest BCUT2D eigenvalue weighted by Crippen LogP contribution is -2.31. The van der Waals surface area contributed by atoms with E-state index in [9.17, 15) is 9.59 Å². The molecule has 2 aromatic heterocycles. The van der Waals surface area contributed by atoms with Crippen LogP contribution in [0.4, 0.5) is 0 Å². The van der Waals surface area contributed by atoms with Gasteiger partial charge >= 0.3 is 5.69 Å². The predicted molar refractivity (Wildman–Crippen MR) is 125 cm³/mol. The van der Waals surface area contributed by atoms with Crippen LogP contribution in [0.2, 0.25) is 0 Å². The van der Waals surface area contributed by atoms with E-state index >= 15 is 0 Å². The standard InChI is InChI=1S/C25H26N6O2/c1-29-25(33)31(15-16-10-11-30(14-16)24(32)19-6-7-19)23(28-29)18-4-2-17(3-5-18)20-8-9-21-13-26-27-22(21)12-20/h2-5,8-9,12-13,16,19H,6-7,10-11,14-15H2,1H3,(H,26,27)/t16-/m1/s1. The van der Waals surface area contributed by atoms with Crippen molar-refractivity contribution in [3.63, 3.8) is 0 Å². The first kappa shape index (κ1) is 20.0. The highest BCUT2D eigenvalue weighted by Crippen LogP contribution is 2.33. The van der Waals surface area contributed by atoms with Gasteiger partial charge in [-0.3, -0.25) is 14.5 Å². The Kier molecular flexibility index (Phi) is 4.67. The molecule has 6 rings (SSSR count). The van der Waals surface area contributed by atoms with Crippen molar-refractivity contribution in [1.29, 1.82) is 0 Å². The number of amides is 1. The van der Waals surface area contributed by atoms with Crippen molar-refractivity contribution in [2.75, 3.05) is 13.1 Å². The number of H-pyrrole nitrogens is 1. The minimum atomic E-state index is -0.120. The number of hydrogen-bond acceptors (Lipinski definition) is 4. The molecule has 1 aliphatic heterocycles. The summed E-state index contributed by atoms with van der Waals surface area (Å²) in [5.41, 5.74) is 3.97. The summed E-state index contributed by atoms with van der Waals surface area (Å²) in [6, 6.07) is 14.4. The molecule has 2 fully saturated rings. The number of nitrogens with one attached hydrogen (secondary N) is 1. The van der Waals surface area contributed by atoms with Crippen LogP contribution < -0.4 is 5.69 Å². The number of hydrogen-bond donors (Lipinski definition) is 1. The number of aromatic nitrogens is 5. The molecule has 1 saturated heterocycles. The van der Waals surface area contributed by atoms with Gasteiger partial charge in [0.2, 0.25) is 5.91 Å². The van der Waals surface area contributed by atoms with Crippen molar-refractivity contribution >= 4 is 16.8 Å². The fourth-order valence-corrected chi connectivity index (χ4v) is 4.84. The second kappa shape index (κ2) is 7.72. The SMILES string of the molecule is Cn1nc(-c2ccc(-c3ccc4cn[nH]c4c3)cc2)n(C[C@@H]2CCN(C(=O)C3CC3)C2)c1=O. The van der Waals surface area contributed by atoms with E-state index in [1.807, 2.05) is 23.2 Å². The summed E-state index contributed by atoms with van der Waals surface area (Å²) in [5, 5.41) is 12.7. The molecule has 1 saturated carbocycles. The molecule has 0 radical (unpaired) electrons. The highest BCUT2D eigenvalue weighted by Gasteiger charge is 2.36. The molecule has 33 heavy (non-hydrogen) atoms. The van der Waals surface area contributed by atoms with Crippen molar-refractivity contribution < 1.29 is 4.79 Å². The van der Waals surface area contributed by atoms with Gasteiger partial charge in [-0.25, -0.2) is 9.48 Å². The Hall–Kier alpha value is -3.68. The lowest BCUT2D eigenvalue weighted by Gasteiger charge is -2.16. The molecule has 3 heterocycles. The Morgan fingerprint density at radius 2 is 1.82 bits per heavy atom. The van der Waals surface area contributed by atoms with Crippen LogP contribution >= 0.6 is 0 Å². The fourth-order valence-electron chi connectivity index (χ4n) is 4.84. The van der Waals surface area contributed by atoms with E-state index in [0.29, 0.717) is 18.3 Å². The highest BCUT2D eigenvalue weighted by atomic mass is 16.2. The molecule has 2 aromatic carbocycles. The summed E-state index contributed by atoms with van der Waals surface area (Å²) >= 11 is 0. The van der Waals surface area contributed by atoms with Crippen LogP contribution in [0, 0.1) is 11.8 Å². The predicted octanol–water partition coefficient (Wildman–Crippen LogP) is 3.05. The van der Waals surface area contributed by atoms with Gasteiger partial charge in [-0.05, 0) is 42.4 Å². The number of nitrogens with zero attached hydrogens (tertiary/aromatic N) is 5. The molecular weight excluding hydrogens is 416 g/mol. The summed E-state index contributed by atoms with van der Waals surface area (Å²) in [5.74, 6) is 1.48. The zero-order valence-electron chi connectivity index (χ0n) is 18.6. The molecule has 1 atom stereocenters. The molecular formula is C25H26N6O2. The molecule has 0 bridgehead atoms. The summed E-state index contributed by atoms with van der Waals surface area (Å²) < 4.78 is 3.17. The van der Waals surface area contributed by atoms with Gasteiger partial charge in [-0.15, -0.1) is 5.10 Å². The van der Waals surface area contributed by atoms with Crippen LogP contribution in [0.1, 0.15) is 19.3 Å². The van der Waals surface area contributed by atoms with Crippen molar-refractivity contribution in [1.82, 2.24) is 29.4 Å². The minimum absolute atomic E-state index is 0.120. The Morgan fingerprint density at radius 1 is 1.06 bits per heavy atom. The van der Waals surface area contributed by atoms with Crippen molar-refractivity contribution in [3.05, 3.63) is 59.1 Å². The Bertz CT molecular complexity index is 1390. The van der Waals surface area contributed by atoms with Crippen LogP contribution in [-0.4, -0.2) is 48.4 Å². The summed E-state index contributed by atoms with van der Waals surface area (Å²) in [6.07, 6.45) is 4.79. The van der Waals surface area contributed by atoms with E-state index in [4.69, 9.17) is 0 Å². The van der Waals surface area contributed by atoms with Gasteiger partial charge in [0.05, 0.1) is 11.7 Å². The molecule has 4 aromatic rings. The van der Waals surface area contributed by atoms with Gasteiger partial charge in [-0.1, -0.05) is 36.4 Å².